The molecule has 0 heterocycles. The van der Waals surface area contributed by atoms with E-state index in [1.165, 1.54) is 6.42 Å². The molecule has 3 aliphatic carbocycles. The monoisotopic (exact) mass is 421 g/mol. The molecule has 0 aliphatic heterocycles. The predicted octanol–water partition coefficient (Wildman–Crippen LogP) is 4.13. The summed E-state index contributed by atoms with van der Waals surface area (Å²) in [5, 5.41) is 13.8. The molecule has 3 saturated carbocycles. The van der Waals surface area contributed by atoms with Crippen molar-refractivity contribution < 1.29 is 19.4 Å². The van der Waals surface area contributed by atoms with Gasteiger partial charge in [0.25, 0.3) is 5.91 Å². The number of hydrogen-bond donors (Lipinski definition) is 2. The molecule has 164 valence electrons. The minimum atomic E-state index is -1.49. The van der Waals surface area contributed by atoms with Crippen LogP contribution in [0.5, 0.6) is 0 Å². The number of carbonyl (C=O) groups excluding carboxylic acids is 2. The smallest absolute Gasteiger partial charge is 0.337 e. The number of rotatable bonds is 6. The molecular formula is C26H31NO4. The van der Waals surface area contributed by atoms with Crippen LogP contribution in [-0.2, 0) is 9.53 Å². The second-order valence-corrected chi connectivity index (χ2v) is 9.60. The molecule has 1 amide bonds. The van der Waals surface area contributed by atoms with E-state index in [2.05, 4.69) is 26.1 Å². The maximum Gasteiger partial charge on any atom is 0.337 e. The number of nitrogens with one attached hydrogen (secondary N) is 1. The number of esters is 1. The van der Waals surface area contributed by atoms with Gasteiger partial charge in [0.15, 0.2) is 6.10 Å². The van der Waals surface area contributed by atoms with Crippen LogP contribution in [0.15, 0.2) is 60.7 Å². The van der Waals surface area contributed by atoms with Gasteiger partial charge in [-0.1, -0.05) is 69.3 Å². The van der Waals surface area contributed by atoms with E-state index in [-0.39, 0.29) is 23.3 Å². The zero-order valence-corrected chi connectivity index (χ0v) is 18.3. The van der Waals surface area contributed by atoms with Crippen LogP contribution in [0, 0.1) is 23.2 Å². The summed E-state index contributed by atoms with van der Waals surface area (Å²) in [5.41, 5.74) is 1.40. The van der Waals surface area contributed by atoms with Crippen molar-refractivity contribution in [2.75, 3.05) is 0 Å². The van der Waals surface area contributed by atoms with Crippen molar-refractivity contribution in [1.29, 1.82) is 0 Å². The van der Waals surface area contributed by atoms with Gasteiger partial charge in [-0.3, -0.25) is 4.79 Å². The van der Waals surface area contributed by atoms with Gasteiger partial charge in [-0.2, -0.15) is 0 Å². The summed E-state index contributed by atoms with van der Waals surface area (Å²) in [6, 6.07) is 16.9. The van der Waals surface area contributed by atoms with Crippen molar-refractivity contribution in [3.05, 3.63) is 71.8 Å². The molecule has 2 N–H and O–H groups in total. The third-order valence-electron chi connectivity index (χ3n) is 7.59. The first-order valence-corrected chi connectivity index (χ1v) is 11.1. The molecule has 6 unspecified atom stereocenters. The maximum atomic E-state index is 12.9. The first-order chi connectivity index (χ1) is 14.8. The zero-order chi connectivity index (χ0) is 22.2. The highest BCUT2D eigenvalue weighted by Gasteiger charge is 2.57. The van der Waals surface area contributed by atoms with E-state index in [0.717, 1.165) is 6.42 Å². The summed E-state index contributed by atoms with van der Waals surface area (Å²) >= 11 is 0. The molecule has 6 atom stereocenters. The summed E-state index contributed by atoms with van der Waals surface area (Å²) in [6.45, 7) is 6.72. The van der Waals surface area contributed by atoms with Gasteiger partial charge in [0, 0.05) is 5.56 Å². The standard InChI is InChI=1S/C26H31NO4/c1-16-20-14-19(26(20,2)3)15-21(16)31-25(30)23(28)22(17-10-6-4-7-11-17)27-24(29)18-12-8-5-9-13-18/h4-13,16,19-23,28H,14-15H2,1-3H3,(H,27,29). The Labute approximate surface area is 183 Å². The van der Waals surface area contributed by atoms with Gasteiger partial charge in [0.05, 0.1) is 6.04 Å². The highest BCUT2D eigenvalue weighted by Crippen LogP contribution is 2.61. The minimum Gasteiger partial charge on any atom is -0.460 e. The molecule has 2 bridgehead atoms. The van der Waals surface area contributed by atoms with Gasteiger partial charge in [-0.25, -0.2) is 4.79 Å². The van der Waals surface area contributed by atoms with E-state index < -0.39 is 18.1 Å². The Balaban J connectivity index is 1.49. The topological polar surface area (TPSA) is 75.6 Å². The molecule has 2 aromatic rings. The summed E-state index contributed by atoms with van der Waals surface area (Å²) in [6.07, 6.45) is 0.328. The molecule has 0 saturated heterocycles. The summed E-state index contributed by atoms with van der Waals surface area (Å²) in [7, 11) is 0. The van der Waals surface area contributed by atoms with Crippen LogP contribution in [0.1, 0.15) is 55.6 Å². The number of carbonyl (C=O) groups is 2. The van der Waals surface area contributed by atoms with Gasteiger partial charge in [-0.05, 0) is 53.7 Å². The average molecular weight is 422 g/mol. The number of ether oxygens (including phenoxy) is 1. The third-order valence-corrected chi connectivity index (χ3v) is 7.59. The van der Waals surface area contributed by atoms with Crippen molar-refractivity contribution in [2.24, 2.45) is 23.2 Å². The van der Waals surface area contributed by atoms with Gasteiger partial charge in [-0.15, -0.1) is 0 Å². The van der Waals surface area contributed by atoms with Crippen molar-refractivity contribution in [2.45, 2.75) is 51.9 Å². The predicted molar refractivity (Wildman–Crippen MR) is 118 cm³/mol. The number of benzene rings is 2. The molecular weight excluding hydrogens is 390 g/mol. The maximum absolute atomic E-state index is 12.9. The molecule has 2 aromatic carbocycles. The average Bonchev–Trinajstić information content (AvgIpc) is 2.78. The summed E-state index contributed by atoms with van der Waals surface area (Å²) in [4.78, 5) is 25.7. The van der Waals surface area contributed by atoms with Crippen molar-refractivity contribution in [1.82, 2.24) is 5.32 Å². The fourth-order valence-electron chi connectivity index (χ4n) is 5.43. The second kappa shape index (κ2) is 8.46. The third kappa shape index (κ3) is 4.11. The molecule has 3 fully saturated rings. The van der Waals surface area contributed by atoms with Crippen molar-refractivity contribution in [3.63, 3.8) is 0 Å². The van der Waals surface area contributed by atoms with Crippen LogP contribution in [0.2, 0.25) is 0 Å². The van der Waals surface area contributed by atoms with Crippen LogP contribution >= 0.6 is 0 Å². The number of hydrogen-bond acceptors (Lipinski definition) is 4. The highest BCUT2D eigenvalue weighted by molar-refractivity contribution is 5.94. The molecule has 5 heteroatoms. The van der Waals surface area contributed by atoms with E-state index in [1.807, 2.05) is 24.3 Å². The minimum absolute atomic E-state index is 0.194. The summed E-state index contributed by atoms with van der Waals surface area (Å²) in [5.74, 6) is 0.300. The molecule has 5 rings (SSSR count). The van der Waals surface area contributed by atoms with E-state index in [9.17, 15) is 14.7 Å². The van der Waals surface area contributed by atoms with Gasteiger partial charge < -0.3 is 15.2 Å². The summed E-state index contributed by atoms with van der Waals surface area (Å²) < 4.78 is 5.81. The SMILES string of the molecule is CC1C(OC(=O)C(O)C(NC(=O)c2ccccc2)c2ccccc2)CC2CC1C2(C)C. The van der Waals surface area contributed by atoms with E-state index in [1.54, 1.807) is 36.4 Å². The van der Waals surface area contributed by atoms with Crippen LogP contribution in [0.25, 0.3) is 0 Å². The Morgan fingerprint density at radius 3 is 2.23 bits per heavy atom. The van der Waals surface area contributed by atoms with Gasteiger partial charge in [0.2, 0.25) is 0 Å². The van der Waals surface area contributed by atoms with Crippen molar-refractivity contribution in [3.8, 4) is 0 Å². The normalized spacial score (nSPS) is 28.0. The Bertz CT molecular complexity index is 927. The molecule has 0 aromatic heterocycles. The van der Waals surface area contributed by atoms with Crippen LogP contribution < -0.4 is 5.32 Å². The lowest BCUT2D eigenvalue weighted by molar-refractivity contribution is -0.193. The fraction of sp³-hybridized carbons (Fsp3) is 0.462. The number of aliphatic hydroxyl groups excluding tert-OH is 1. The first-order valence-electron chi connectivity index (χ1n) is 11.1. The Morgan fingerprint density at radius 2 is 1.65 bits per heavy atom. The Morgan fingerprint density at radius 1 is 1.03 bits per heavy atom. The molecule has 5 nitrogen and oxygen atoms in total. The van der Waals surface area contributed by atoms with Crippen LogP contribution in [0.3, 0.4) is 0 Å². The Hall–Kier alpha value is -2.66. The highest BCUT2D eigenvalue weighted by atomic mass is 16.6. The molecule has 31 heavy (non-hydrogen) atoms. The lowest BCUT2D eigenvalue weighted by Gasteiger charge is -2.61. The first kappa shape index (κ1) is 21.6. The quantitative estimate of drug-likeness (QED) is 0.688. The van der Waals surface area contributed by atoms with E-state index >= 15 is 0 Å². The number of aliphatic hydroxyl groups is 1. The fourth-order valence-corrected chi connectivity index (χ4v) is 5.43. The Kier molecular flexibility index (Phi) is 5.89. The second-order valence-electron chi connectivity index (χ2n) is 9.60. The molecule has 0 spiro atoms. The van der Waals surface area contributed by atoms with Crippen molar-refractivity contribution >= 4 is 11.9 Å². The van der Waals surface area contributed by atoms with Crippen LogP contribution in [0.4, 0.5) is 0 Å². The number of amides is 1. The largest absolute Gasteiger partial charge is 0.460 e. The van der Waals surface area contributed by atoms with E-state index in [4.69, 9.17) is 4.74 Å². The lowest BCUT2D eigenvalue weighted by atomic mass is 9.45. The van der Waals surface area contributed by atoms with Gasteiger partial charge in [0.1, 0.15) is 6.10 Å². The van der Waals surface area contributed by atoms with E-state index in [0.29, 0.717) is 23.0 Å². The number of fused-ring (bicyclic) bond motifs is 2. The zero-order valence-electron chi connectivity index (χ0n) is 18.3. The molecule has 0 radical (unpaired) electrons. The lowest BCUT2D eigenvalue weighted by Crippen LogP contribution is -2.58. The molecule has 3 aliphatic rings. The van der Waals surface area contributed by atoms with Gasteiger partial charge >= 0.3 is 5.97 Å². The van der Waals surface area contributed by atoms with Crippen LogP contribution in [-0.4, -0.2) is 29.2 Å².